The first-order valence-electron chi connectivity index (χ1n) is 9.77. The van der Waals surface area contributed by atoms with Gasteiger partial charge in [0.05, 0.1) is 0 Å². The van der Waals surface area contributed by atoms with Crippen LogP contribution in [0.1, 0.15) is 23.1 Å². The molecular formula is C24H28N2. The lowest BCUT2D eigenvalue weighted by atomic mass is 9.92. The summed E-state index contributed by atoms with van der Waals surface area (Å²) in [5.41, 5.74) is 10.5. The van der Waals surface area contributed by atoms with Gasteiger partial charge in [0.15, 0.2) is 0 Å². The summed E-state index contributed by atoms with van der Waals surface area (Å²) in [5.74, 6) is 1.30. The summed E-state index contributed by atoms with van der Waals surface area (Å²) in [7, 11) is 0. The fourth-order valence-electron chi connectivity index (χ4n) is 4.32. The molecule has 2 nitrogen and oxygen atoms in total. The standard InChI is InChI=1S/C24H28N2/c25-15-20(11-19-13-23-7-3-4-8-24(23)14-19)17-26-16-18-9-10-21-5-1-2-6-22(21)12-18/h1-10,12,19-20,26H,11,13-17,25H2. The van der Waals surface area contributed by atoms with Gasteiger partial charge in [-0.3, -0.25) is 0 Å². The Kier molecular flexibility index (Phi) is 5.33. The molecule has 0 aliphatic heterocycles. The Bertz CT molecular complexity index is 846. The molecule has 0 fully saturated rings. The molecule has 0 bridgehead atoms. The quantitative estimate of drug-likeness (QED) is 0.670. The maximum atomic E-state index is 6.07. The summed E-state index contributed by atoms with van der Waals surface area (Å²) < 4.78 is 0. The van der Waals surface area contributed by atoms with E-state index in [0.29, 0.717) is 5.92 Å². The first-order chi connectivity index (χ1) is 12.8. The second-order valence-electron chi connectivity index (χ2n) is 7.69. The molecule has 0 radical (unpaired) electrons. The number of benzene rings is 3. The summed E-state index contributed by atoms with van der Waals surface area (Å²) >= 11 is 0. The Labute approximate surface area is 156 Å². The van der Waals surface area contributed by atoms with E-state index in [0.717, 1.165) is 25.6 Å². The normalized spacial score (nSPS) is 15.3. The van der Waals surface area contributed by atoms with E-state index in [1.807, 2.05) is 0 Å². The molecule has 0 spiro atoms. The van der Waals surface area contributed by atoms with Gasteiger partial charge in [0.2, 0.25) is 0 Å². The lowest BCUT2D eigenvalue weighted by Gasteiger charge is -2.19. The van der Waals surface area contributed by atoms with Gasteiger partial charge in [-0.15, -0.1) is 0 Å². The fraction of sp³-hybridized carbons (Fsp3) is 0.333. The number of nitrogens with one attached hydrogen (secondary N) is 1. The minimum atomic E-state index is 0.551. The van der Waals surface area contributed by atoms with E-state index < -0.39 is 0 Å². The third kappa shape index (κ3) is 3.98. The van der Waals surface area contributed by atoms with Crippen LogP contribution in [-0.4, -0.2) is 13.1 Å². The summed E-state index contributed by atoms with van der Waals surface area (Å²) in [6, 6.07) is 24.1. The average molecular weight is 345 g/mol. The van der Waals surface area contributed by atoms with Gasteiger partial charge in [0.1, 0.15) is 0 Å². The maximum absolute atomic E-state index is 6.07. The molecule has 1 atom stereocenters. The lowest BCUT2D eigenvalue weighted by Crippen LogP contribution is -2.29. The molecule has 3 N–H and O–H groups in total. The number of hydrogen-bond acceptors (Lipinski definition) is 2. The van der Waals surface area contributed by atoms with Gasteiger partial charge in [-0.1, -0.05) is 60.7 Å². The molecule has 0 aromatic heterocycles. The van der Waals surface area contributed by atoms with Crippen molar-refractivity contribution in [3.05, 3.63) is 83.4 Å². The van der Waals surface area contributed by atoms with E-state index in [1.54, 1.807) is 0 Å². The van der Waals surface area contributed by atoms with Crippen LogP contribution in [0.15, 0.2) is 66.7 Å². The highest BCUT2D eigenvalue weighted by Gasteiger charge is 2.23. The molecule has 134 valence electrons. The molecule has 3 aromatic rings. The maximum Gasteiger partial charge on any atom is 0.0205 e. The molecule has 1 unspecified atom stereocenters. The van der Waals surface area contributed by atoms with E-state index in [4.69, 9.17) is 5.73 Å². The van der Waals surface area contributed by atoms with Crippen molar-refractivity contribution in [1.29, 1.82) is 0 Å². The molecule has 26 heavy (non-hydrogen) atoms. The molecule has 3 aromatic carbocycles. The molecule has 1 aliphatic carbocycles. The predicted octanol–water partition coefficient (Wildman–Crippen LogP) is 4.31. The second-order valence-corrected chi connectivity index (χ2v) is 7.69. The third-order valence-corrected chi connectivity index (χ3v) is 5.71. The number of rotatable bonds is 7. The van der Waals surface area contributed by atoms with E-state index in [-0.39, 0.29) is 0 Å². The van der Waals surface area contributed by atoms with Crippen LogP contribution in [0, 0.1) is 11.8 Å². The van der Waals surface area contributed by atoms with Crippen LogP contribution in [0.4, 0.5) is 0 Å². The third-order valence-electron chi connectivity index (χ3n) is 5.71. The summed E-state index contributed by atoms with van der Waals surface area (Å²) in [4.78, 5) is 0. The predicted molar refractivity (Wildman–Crippen MR) is 110 cm³/mol. The van der Waals surface area contributed by atoms with Gasteiger partial charge >= 0.3 is 0 Å². The van der Waals surface area contributed by atoms with Crippen LogP contribution >= 0.6 is 0 Å². The number of hydrogen-bond donors (Lipinski definition) is 2. The number of nitrogens with two attached hydrogens (primary N) is 1. The lowest BCUT2D eigenvalue weighted by molar-refractivity contribution is 0.369. The molecule has 1 aliphatic rings. The van der Waals surface area contributed by atoms with Crippen molar-refractivity contribution in [2.45, 2.75) is 25.8 Å². The van der Waals surface area contributed by atoms with Gasteiger partial charge in [0.25, 0.3) is 0 Å². The van der Waals surface area contributed by atoms with Crippen LogP contribution in [0.5, 0.6) is 0 Å². The topological polar surface area (TPSA) is 38.0 Å². The highest BCUT2D eigenvalue weighted by atomic mass is 14.9. The first-order valence-corrected chi connectivity index (χ1v) is 9.77. The van der Waals surface area contributed by atoms with E-state index in [9.17, 15) is 0 Å². The van der Waals surface area contributed by atoms with Crippen molar-refractivity contribution in [1.82, 2.24) is 5.32 Å². The fourth-order valence-corrected chi connectivity index (χ4v) is 4.32. The first kappa shape index (κ1) is 17.3. The summed E-state index contributed by atoms with van der Waals surface area (Å²) in [6.45, 7) is 2.67. The molecule has 0 heterocycles. The SMILES string of the molecule is NCC(CNCc1ccc2ccccc2c1)CC1Cc2ccccc2C1. The zero-order chi connectivity index (χ0) is 17.8. The van der Waals surface area contributed by atoms with Gasteiger partial charge in [-0.25, -0.2) is 0 Å². The van der Waals surface area contributed by atoms with Crippen molar-refractivity contribution in [3.63, 3.8) is 0 Å². The van der Waals surface area contributed by atoms with Crippen molar-refractivity contribution < 1.29 is 0 Å². The van der Waals surface area contributed by atoms with Gasteiger partial charge in [-0.05, 0) is 77.7 Å². The highest BCUT2D eigenvalue weighted by Crippen LogP contribution is 2.30. The molecular weight excluding hydrogens is 316 g/mol. The Morgan fingerprint density at radius 2 is 1.58 bits per heavy atom. The smallest absolute Gasteiger partial charge is 0.0205 e. The Morgan fingerprint density at radius 1 is 0.885 bits per heavy atom. The van der Waals surface area contributed by atoms with Crippen molar-refractivity contribution in [2.75, 3.05) is 13.1 Å². The molecule has 0 saturated heterocycles. The van der Waals surface area contributed by atoms with Crippen LogP contribution in [0.25, 0.3) is 10.8 Å². The zero-order valence-electron chi connectivity index (χ0n) is 15.3. The minimum Gasteiger partial charge on any atom is -0.330 e. The Hall–Kier alpha value is -2.16. The summed E-state index contributed by atoms with van der Waals surface area (Å²) in [6.07, 6.45) is 3.66. The van der Waals surface area contributed by atoms with Gasteiger partial charge < -0.3 is 11.1 Å². The average Bonchev–Trinajstić information content (AvgIpc) is 3.09. The van der Waals surface area contributed by atoms with E-state index in [1.165, 1.54) is 46.7 Å². The largest absolute Gasteiger partial charge is 0.330 e. The van der Waals surface area contributed by atoms with Gasteiger partial charge in [-0.2, -0.15) is 0 Å². The molecule has 0 amide bonds. The van der Waals surface area contributed by atoms with Crippen LogP contribution < -0.4 is 11.1 Å². The second kappa shape index (κ2) is 8.03. The number of fused-ring (bicyclic) bond motifs is 2. The highest BCUT2D eigenvalue weighted by molar-refractivity contribution is 5.82. The van der Waals surface area contributed by atoms with Crippen LogP contribution in [0.2, 0.25) is 0 Å². The molecule has 0 saturated carbocycles. The van der Waals surface area contributed by atoms with Crippen molar-refractivity contribution >= 4 is 10.8 Å². The Morgan fingerprint density at radius 3 is 2.31 bits per heavy atom. The molecule has 4 rings (SSSR count). The van der Waals surface area contributed by atoms with Gasteiger partial charge in [0, 0.05) is 6.54 Å². The van der Waals surface area contributed by atoms with Crippen molar-refractivity contribution in [3.8, 4) is 0 Å². The monoisotopic (exact) mass is 344 g/mol. The Balaban J connectivity index is 1.29. The van der Waals surface area contributed by atoms with Crippen LogP contribution in [0.3, 0.4) is 0 Å². The van der Waals surface area contributed by atoms with Crippen LogP contribution in [-0.2, 0) is 19.4 Å². The van der Waals surface area contributed by atoms with E-state index >= 15 is 0 Å². The minimum absolute atomic E-state index is 0.551. The van der Waals surface area contributed by atoms with Crippen molar-refractivity contribution in [2.24, 2.45) is 17.6 Å². The molecule has 2 heteroatoms. The zero-order valence-corrected chi connectivity index (χ0v) is 15.3. The van der Waals surface area contributed by atoms with E-state index in [2.05, 4.69) is 72.0 Å². The summed E-state index contributed by atoms with van der Waals surface area (Å²) in [5, 5.41) is 6.25.